The van der Waals surface area contributed by atoms with Crippen molar-refractivity contribution in [2.75, 3.05) is 5.32 Å². The van der Waals surface area contributed by atoms with Crippen LogP contribution in [0.2, 0.25) is 0 Å². The molecule has 23 heavy (non-hydrogen) atoms. The number of aryl methyl sites for hydroxylation is 1. The van der Waals surface area contributed by atoms with Crippen LogP contribution in [0.25, 0.3) is 0 Å². The van der Waals surface area contributed by atoms with Gasteiger partial charge in [-0.3, -0.25) is 4.79 Å². The lowest BCUT2D eigenvalue weighted by molar-refractivity contribution is 0.0437. The molecule has 0 aromatic heterocycles. The van der Waals surface area contributed by atoms with E-state index in [1.54, 1.807) is 0 Å². The molecule has 2 aliphatic carbocycles. The van der Waals surface area contributed by atoms with Crippen LogP contribution in [0.15, 0.2) is 48.5 Å². The van der Waals surface area contributed by atoms with E-state index < -0.39 is 0 Å². The first-order valence-corrected chi connectivity index (χ1v) is 8.54. The molecule has 1 saturated carbocycles. The zero-order valence-corrected chi connectivity index (χ0v) is 13.1. The Bertz CT molecular complexity index is 796. The molecule has 0 saturated heterocycles. The lowest BCUT2D eigenvalue weighted by Gasteiger charge is -2.51. The van der Waals surface area contributed by atoms with Crippen molar-refractivity contribution in [3.05, 3.63) is 65.2 Å². The van der Waals surface area contributed by atoms with Gasteiger partial charge in [0.1, 0.15) is 5.66 Å². The Morgan fingerprint density at radius 2 is 1.74 bits per heavy atom. The number of carbonyl (C=O) groups excluding carboxylic acids is 1. The van der Waals surface area contributed by atoms with Crippen molar-refractivity contribution in [1.82, 2.24) is 4.90 Å². The van der Waals surface area contributed by atoms with E-state index in [0.717, 1.165) is 43.4 Å². The van der Waals surface area contributed by atoms with Gasteiger partial charge in [0.25, 0.3) is 5.91 Å². The summed E-state index contributed by atoms with van der Waals surface area (Å²) in [5.74, 6) is 0.209. The number of carbonyl (C=O) groups is 1. The molecule has 1 aliphatic heterocycles. The topological polar surface area (TPSA) is 32.3 Å². The smallest absolute Gasteiger partial charge is 0.258 e. The third kappa shape index (κ3) is 1.92. The predicted molar refractivity (Wildman–Crippen MR) is 90.5 cm³/mol. The third-order valence-corrected chi connectivity index (χ3v) is 5.53. The summed E-state index contributed by atoms with van der Waals surface area (Å²) in [5.41, 5.74) is 4.38. The molecule has 3 nitrogen and oxygen atoms in total. The highest BCUT2D eigenvalue weighted by Crippen LogP contribution is 2.45. The van der Waals surface area contributed by atoms with Gasteiger partial charge in [0.2, 0.25) is 0 Å². The minimum absolute atomic E-state index is 0.209. The standard InChI is InChI=1S/C20H20N2O/c23-19-17-7-3-4-8-18(17)21-20(22(19)16-9-10-16)12-11-14-5-1-2-6-15(14)13-20/h1-8,16,21H,9-13H2/t20-/m0/s1. The van der Waals surface area contributed by atoms with E-state index >= 15 is 0 Å². The van der Waals surface area contributed by atoms with Crippen LogP contribution in [-0.2, 0) is 12.8 Å². The summed E-state index contributed by atoms with van der Waals surface area (Å²) in [5, 5.41) is 3.76. The molecule has 0 radical (unpaired) electrons. The molecule has 3 heteroatoms. The molecule has 1 fully saturated rings. The largest absolute Gasteiger partial charge is 0.362 e. The number of fused-ring (bicyclic) bond motifs is 2. The summed E-state index contributed by atoms with van der Waals surface area (Å²) in [6.45, 7) is 0. The van der Waals surface area contributed by atoms with Gasteiger partial charge in [0.15, 0.2) is 0 Å². The Balaban J connectivity index is 1.63. The molecule has 3 aliphatic rings. The summed E-state index contributed by atoms with van der Waals surface area (Å²) in [6.07, 6.45) is 5.19. The van der Waals surface area contributed by atoms with E-state index in [9.17, 15) is 4.79 Å². The summed E-state index contributed by atoms with van der Waals surface area (Å²) in [7, 11) is 0. The van der Waals surface area contributed by atoms with E-state index in [1.807, 2.05) is 24.3 Å². The Kier molecular flexibility index (Phi) is 2.64. The number of nitrogens with one attached hydrogen (secondary N) is 1. The molecule has 1 atom stereocenters. The van der Waals surface area contributed by atoms with E-state index in [2.05, 4.69) is 34.5 Å². The summed E-state index contributed by atoms with van der Waals surface area (Å²) in [6, 6.07) is 17.0. The molecular weight excluding hydrogens is 284 g/mol. The Hall–Kier alpha value is -2.29. The number of rotatable bonds is 1. The molecule has 0 bridgehead atoms. The second kappa shape index (κ2) is 4.60. The van der Waals surface area contributed by atoms with Crippen LogP contribution in [0, 0.1) is 0 Å². The van der Waals surface area contributed by atoms with Crippen molar-refractivity contribution < 1.29 is 4.79 Å². The first kappa shape index (κ1) is 13.2. The zero-order valence-electron chi connectivity index (χ0n) is 13.1. The normalized spacial score (nSPS) is 25.7. The molecular formula is C20H20N2O. The maximum atomic E-state index is 13.2. The van der Waals surface area contributed by atoms with Crippen LogP contribution >= 0.6 is 0 Å². The van der Waals surface area contributed by atoms with E-state index in [4.69, 9.17) is 0 Å². The van der Waals surface area contributed by atoms with E-state index in [1.165, 1.54) is 11.1 Å². The van der Waals surface area contributed by atoms with Gasteiger partial charge in [-0.25, -0.2) is 0 Å². The van der Waals surface area contributed by atoms with Crippen molar-refractivity contribution in [2.24, 2.45) is 0 Å². The fraction of sp³-hybridized carbons (Fsp3) is 0.350. The van der Waals surface area contributed by atoms with Gasteiger partial charge in [0.05, 0.1) is 5.56 Å². The molecule has 1 amide bonds. The molecule has 5 rings (SSSR count). The van der Waals surface area contributed by atoms with Crippen LogP contribution in [-0.4, -0.2) is 22.5 Å². The van der Waals surface area contributed by atoms with Crippen LogP contribution in [0.4, 0.5) is 5.69 Å². The average molecular weight is 304 g/mol. The van der Waals surface area contributed by atoms with Crippen molar-refractivity contribution in [1.29, 1.82) is 0 Å². The Morgan fingerprint density at radius 1 is 1.00 bits per heavy atom. The molecule has 1 heterocycles. The minimum Gasteiger partial charge on any atom is -0.362 e. The average Bonchev–Trinajstić information content (AvgIpc) is 3.39. The van der Waals surface area contributed by atoms with Crippen LogP contribution in [0.5, 0.6) is 0 Å². The quantitative estimate of drug-likeness (QED) is 0.873. The maximum absolute atomic E-state index is 13.2. The number of benzene rings is 2. The molecule has 1 N–H and O–H groups in total. The minimum atomic E-state index is -0.249. The Morgan fingerprint density at radius 3 is 2.57 bits per heavy atom. The van der Waals surface area contributed by atoms with Crippen molar-refractivity contribution in [2.45, 2.75) is 43.8 Å². The number of amides is 1. The summed E-state index contributed by atoms with van der Waals surface area (Å²) >= 11 is 0. The van der Waals surface area contributed by atoms with Crippen LogP contribution in [0.3, 0.4) is 0 Å². The third-order valence-electron chi connectivity index (χ3n) is 5.53. The van der Waals surface area contributed by atoms with Gasteiger partial charge >= 0.3 is 0 Å². The van der Waals surface area contributed by atoms with Gasteiger partial charge < -0.3 is 10.2 Å². The number of para-hydroxylation sites is 1. The van der Waals surface area contributed by atoms with Gasteiger partial charge in [-0.15, -0.1) is 0 Å². The van der Waals surface area contributed by atoms with E-state index in [0.29, 0.717) is 6.04 Å². The SMILES string of the molecule is O=C1c2ccccc2N[C@@]2(CCc3ccccc3C2)N1C1CC1. The monoisotopic (exact) mass is 304 g/mol. The zero-order chi connectivity index (χ0) is 15.4. The number of hydrogen-bond donors (Lipinski definition) is 1. The highest BCUT2D eigenvalue weighted by atomic mass is 16.2. The molecule has 1 spiro atoms. The fourth-order valence-electron chi connectivity index (χ4n) is 4.29. The second-order valence-corrected chi connectivity index (χ2v) is 7.05. The summed E-state index contributed by atoms with van der Waals surface area (Å²) in [4.78, 5) is 15.3. The highest BCUT2D eigenvalue weighted by Gasteiger charge is 2.51. The Labute approximate surface area is 136 Å². The van der Waals surface area contributed by atoms with Crippen LogP contribution in [0.1, 0.15) is 40.7 Å². The van der Waals surface area contributed by atoms with Gasteiger partial charge in [-0.1, -0.05) is 36.4 Å². The molecule has 2 aromatic carbocycles. The summed E-state index contributed by atoms with van der Waals surface area (Å²) < 4.78 is 0. The van der Waals surface area contributed by atoms with Gasteiger partial charge in [0, 0.05) is 18.2 Å². The lowest BCUT2D eigenvalue weighted by atomic mass is 9.80. The number of hydrogen-bond acceptors (Lipinski definition) is 2. The molecule has 0 unspecified atom stereocenters. The highest BCUT2D eigenvalue weighted by molar-refractivity contribution is 6.02. The fourth-order valence-corrected chi connectivity index (χ4v) is 4.29. The van der Waals surface area contributed by atoms with Crippen molar-refractivity contribution >= 4 is 11.6 Å². The van der Waals surface area contributed by atoms with Crippen molar-refractivity contribution in [3.63, 3.8) is 0 Å². The molecule has 2 aromatic rings. The van der Waals surface area contributed by atoms with Crippen LogP contribution < -0.4 is 5.32 Å². The predicted octanol–water partition coefficient (Wildman–Crippen LogP) is 3.60. The lowest BCUT2D eigenvalue weighted by Crippen LogP contribution is -2.63. The maximum Gasteiger partial charge on any atom is 0.258 e. The second-order valence-electron chi connectivity index (χ2n) is 7.05. The van der Waals surface area contributed by atoms with Crippen molar-refractivity contribution in [3.8, 4) is 0 Å². The number of anilines is 1. The first-order chi connectivity index (χ1) is 11.3. The first-order valence-electron chi connectivity index (χ1n) is 8.54. The number of nitrogens with zero attached hydrogens (tertiary/aromatic N) is 1. The van der Waals surface area contributed by atoms with E-state index in [-0.39, 0.29) is 11.6 Å². The van der Waals surface area contributed by atoms with Gasteiger partial charge in [-0.2, -0.15) is 0 Å². The molecule has 116 valence electrons. The van der Waals surface area contributed by atoms with Gasteiger partial charge in [-0.05, 0) is 48.9 Å².